The molecule has 0 aliphatic rings. The van der Waals surface area contributed by atoms with Crippen molar-refractivity contribution in [2.75, 3.05) is 12.4 Å². The van der Waals surface area contributed by atoms with Gasteiger partial charge < -0.3 is 15.2 Å². The van der Waals surface area contributed by atoms with E-state index >= 15 is 0 Å². The van der Waals surface area contributed by atoms with Gasteiger partial charge in [0, 0.05) is 16.8 Å². The number of methoxy groups -OCH3 is 1. The summed E-state index contributed by atoms with van der Waals surface area (Å²) in [5, 5.41) is 12.5. The normalized spacial score (nSPS) is 11.8. The Morgan fingerprint density at radius 1 is 1.15 bits per heavy atom. The molecule has 2 aromatic rings. The highest BCUT2D eigenvalue weighted by atomic mass is 16.5. The minimum absolute atomic E-state index is 0.222. The van der Waals surface area contributed by atoms with E-state index in [1.54, 1.807) is 50.4 Å². The van der Waals surface area contributed by atoms with Gasteiger partial charge in [0.1, 0.15) is 5.75 Å². The van der Waals surface area contributed by atoms with Crippen LogP contribution in [0.1, 0.15) is 28.9 Å². The molecule has 2 rings (SSSR count). The number of ether oxygens (including phenoxy) is 1. The Labute approximate surface area is 118 Å². The van der Waals surface area contributed by atoms with Crippen molar-refractivity contribution in [3.63, 3.8) is 0 Å². The van der Waals surface area contributed by atoms with Crippen LogP contribution in [-0.2, 0) is 0 Å². The van der Waals surface area contributed by atoms with E-state index in [-0.39, 0.29) is 5.91 Å². The molecule has 0 radical (unpaired) electrons. The molecule has 0 heterocycles. The molecule has 104 valence electrons. The SMILES string of the molecule is COc1ccc(C(=O)Nc2ccccc2C(C)O)cc1. The molecule has 0 aliphatic heterocycles. The third-order valence-electron chi connectivity index (χ3n) is 3.01. The smallest absolute Gasteiger partial charge is 0.255 e. The fourth-order valence-corrected chi connectivity index (χ4v) is 1.91. The molecule has 1 amide bonds. The summed E-state index contributed by atoms with van der Waals surface area (Å²) in [5.41, 5.74) is 1.84. The van der Waals surface area contributed by atoms with Crippen LogP contribution >= 0.6 is 0 Å². The molecule has 0 aromatic heterocycles. The first kappa shape index (κ1) is 14.1. The van der Waals surface area contributed by atoms with Crippen molar-refractivity contribution >= 4 is 11.6 Å². The molecule has 0 bridgehead atoms. The van der Waals surface area contributed by atoms with Crippen molar-refractivity contribution < 1.29 is 14.6 Å². The summed E-state index contributed by atoms with van der Waals surface area (Å²) < 4.78 is 5.05. The van der Waals surface area contributed by atoms with Crippen molar-refractivity contribution in [3.05, 3.63) is 59.7 Å². The van der Waals surface area contributed by atoms with Gasteiger partial charge in [-0.3, -0.25) is 4.79 Å². The van der Waals surface area contributed by atoms with Crippen LogP contribution in [0.25, 0.3) is 0 Å². The summed E-state index contributed by atoms with van der Waals surface area (Å²) >= 11 is 0. The van der Waals surface area contributed by atoms with Gasteiger partial charge in [-0.1, -0.05) is 18.2 Å². The lowest BCUT2D eigenvalue weighted by molar-refractivity contribution is 0.102. The predicted molar refractivity (Wildman–Crippen MR) is 78.0 cm³/mol. The lowest BCUT2D eigenvalue weighted by Crippen LogP contribution is -2.13. The van der Waals surface area contributed by atoms with Crippen LogP contribution in [0.4, 0.5) is 5.69 Å². The lowest BCUT2D eigenvalue weighted by atomic mass is 10.1. The van der Waals surface area contributed by atoms with E-state index in [4.69, 9.17) is 4.74 Å². The summed E-state index contributed by atoms with van der Waals surface area (Å²) in [5.74, 6) is 0.478. The Morgan fingerprint density at radius 2 is 1.80 bits per heavy atom. The number of anilines is 1. The number of benzene rings is 2. The van der Waals surface area contributed by atoms with E-state index in [0.717, 1.165) is 0 Å². The summed E-state index contributed by atoms with van der Waals surface area (Å²) in [6, 6.07) is 14.0. The summed E-state index contributed by atoms with van der Waals surface area (Å²) in [6.45, 7) is 1.67. The van der Waals surface area contributed by atoms with Crippen LogP contribution < -0.4 is 10.1 Å². The molecule has 0 fully saturated rings. The van der Waals surface area contributed by atoms with Gasteiger partial charge in [0.25, 0.3) is 5.91 Å². The van der Waals surface area contributed by atoms with Crippen molar-refractivity contribution in [1.29, 1.82) is 0 Å². The first-order chi connectivity index (χ1) is 9.61. The Balaban J connectivity index is 2.19. The van der Waals surface area contributed by atoms with Gasteiger partial charge in [0.15, 0.2) is 0 Å². The van der Waals surface area contributed by atoms with Gasteiger partial charge in [-0.2, -0.15) is 0 Å². The molecule has 1 atom stereocenters. The number of rotatable bonds is 4. The molecule has 2 N–H and O–H groups in total. The average Bonchev–Trinajstić information content (AvgIpc) is 2.47. The molecule has 4 heteroatoms. The minimum Gasteiger partial charge on any atom is -0.497 e. The molecule has 0 saturated carbocycles. The molecule has 2 aromatic carbocycles. The Bertz CT molecular complexity index is 591. The van der Waals surface area contributed by atoms with Crippen molar-refractivity contribution in [2.24, 2.45) is 0 Å². The number of carbonyl (C=O) groups excluding carboxylic acids is 1. The van der Waals surface area contributed by atoms with Crippen LogP contribution in [0.15, 0.2) is 48.5 Å². The van der Waals surface area contributed by atoms with E-state index in [1.807, 2.05) is 12.1 Å². The average molecular weight is 271 g/mol. The van der Waals surface area contributed by atoms with Gasteiger partial charge >= 0.3 is 0 Å². The van der Waals surface area contributed by atoms with Crippen LogP contribution in [0.3, 0.4) is 0 Å². The number of aliphatic hydroxyl groups is 1. The summed E-state index contributed by atoms with van der Waals surface area (Å²) in [6.07, 6.45) is -0.637. The molecule has 0 saturated heterocycles. The number of amides is 1. The Hall–Kier alpha value is -2.33. The monoisotopic (exact) mass is 271 g/mol. The second-order valence-corrected chi connectivity index (χ2v) is 4.45. The second-order valence-electron chi connectivity index (χ2n) is 4.45. The maximum Gasteiger partial charge on any atom is 0.255 e. The third-order valence-corrected chi connectivity index (χ3v) is 3.01. The fourth-order valence-electron chi connectivity index (χ4n) is 1.91. The third kappa shape index (κ3) is 3.16. The van der Waals surface area contributed by atoms with Gasteiger partial charge in [-0.05, 0) is 37.3 Å². The number of aliphatic hydroxyl groups excluding tert-OH is 1. The molecule has 20 heavy (non-hydrogen) atoms. The first-order valence-electron chi connectivity index (χ1n) is 6.34. The predicted octanol–water partition coefficient (Wildman–Crippen LogP) is 3.00. The number of hydrogen-bond acceptors (Lipinski definition) is 3. The fraction of sp³-hybridized carbons (Fsp3) is 0.188. The van der Waals surface area contributed by atoms with Crippen molar-refractivity contribution in [1.82, 2.24) is 0 Å². The number of carbonyl (C=O) groups is 1. The van der Waals surface area contributed by atoms with Crippen LogP contribution in [-0.4, -0.2) is 18.1 Å². The zero-order chi connectivity index (χ0) is 14.5. The van der Waals surface area contributed by atoms with E-state index < -0.39 is 6.10 Å². The Morgan fingerprint density at radius 3 is 2.40 bits per heavy atom. The van der Waals surface area contributed by atoms with E-state index in [2.05, 4.69) is 5.32 Å². The highest BCUT2D eigenvalue weighted by Crippen LogP contribution is 2.23. The summed E-state index contributed by atoms with van der Waals surface area (Å²) in [4.78, 5) is 12.2. The quantitative estimate of drug-likeness (QED) is 0.898. The van der Waals surface area contributed by atoms with E-state index in [1.165, 1.54) is 0 Å². The van der Waals surface area contributed by atoms with Gasteiger partial charge in [-0.15, -0.1) is 0 Å². The Kier molecular flexibility index (Phi) is 4.38. The number of nitrogens with one attached hydrogen (secondary N) is 1. The standard InChI is InChI=1S/C16H17NO3/c1-11(18)14-5-3-4-6-15(14)17-16(19)12-7-9-13(20-2)10-8-12/h3-11,18H,1-2H3,(H,17,19). The van der Waals surface area contributed by atoms with E-state index in [0.29, 0.717) is 22.6 Å². The van der Waals surface area contributed by atoms with E-state index in [9.17, 15) is 9.90 Å². The molecular weight excluding hydrogens is 254 g/mol. The number of hydrogen-bond donors (Lipinski definition) is 2. The minimum atomic E-state index is -0.637. The van der Waals surface area contributed by atoms with Gasteiger partial charge in [0.05, 0.1) is 13.2 Å². The topological polar surface area (TPSA) is 58.6 Å². The highest BCUT2D eigenvalue weighted by Gasteiger charge is 2.11. The van der Waals surface area contributed by atoms with Crippen LogP contribution in [0.2, 0.25) is 0 Å². The van der Waals surface area contributed by atoms with Gasteiger partial charge in [-0.25, -0.2) is 0 Å². The molecule has 4 nitrogen and oxygen atoms in total. The van der Waals surface area contributed by atoms with Crippen molar-refractivity contribution in [3.8, 4) is 5.75 Å². The molecule has 1 unspecified atom stereocenters. The zero-order valence-corrected chi connectivity index (χ0v) is 11.5. The van der Waals surface area contributed by atoms with Crippen LogP contribution in [0.5, 0.6) is 5.75 Å². The first-order valence-corrected chi connectivity index (χ1v) is 6.34. The zero-order valence-electron chi connectivity index (χ0n) is 11.5. The second kappa shape index (κ2) is 6.21. The maximum absolute atomic E-state index is 12.2. The molecular formula is C16H17NO3. The van der Waals surface area contributed by atoms with Crippen molar-refractivity contribution in [2.45, 2.75) is 13.0 Å². The highest BCUT2D eigenvalue weighted by molar-refractivity contribution is 6.04. The maximum atomic E-state index is 12.2. The largest absolute Gasteiger partial charge is 0.497 e. The van der Waals surface area contributed by atoms with Crippen LogP contribution in [0, 0.1) is 0 Å². The molecule has 0 aliphatic carbocycles. The molecule has 0 spiro atoms. The summed E-state index contributed by atoms with van der Waals surface area (Å²) in [7, 11) is 1.58. The van der Waals surface area contributed by atoms with Gasteiger partial charge in [0.2, 0.25) is 0 Å². The lowest BCUT2D eigenvalue weighted by Gasteiger charge is -2.13. The number of para-hydroxylation sites is 1.